The quantitative estimate of drug-likeness (QED) is 0.684. The van der Waals surface area contributed by atoms with Crippen LogP contribution >= 0.6 is 0 Å². The van der Waals surface area contributed by atoms with E-state index in [0.717, 1.165) is 11.0 Å². The molecule has 0 amide bonds. The van der Waals surface area contributed by atoms with Gasteiger partial charge in [-0.15, -0.1) is 0 Å². The predicted molar refractivity (Wildman–Crippen MR) is 75.1 cm³/mol. The molecule has 100 valence electrons. The van der Waals surface area contributed by atoms with Gasteiger partial charge in [-0.05, 0) is 24.3 Å². The number of fused-ring (bicyclic) bond motifs is 1. The molecule has 0 aliphatic heterocycles. The van der Waals surface area contributed by atoms with Crippen molar-refractivity contribution in [2.45, 2.75) is 6.42 Å². The van der Waals surface area contributed by atoms with Crippen LogP contribution in [0.1, 0.15) is 16.2 Å². The fourth-order valence-corrected chi connectivity index (χ4v) is 2.28. The van der Waals surface area contributed by atoms with Crippen LogP contribution < -0.4 is 0 Å². The SMILES string of the molecule is Cn1c(CC(=O)c2ccccc2F)nc2ccccc21. The summed E-state index contributed by atoms with van der Waals surface area (Å²) in [6.07, 6.45) is 0.0894. The third kappa shape index (κ3) is 2.09. The Balaban J connectivity index is 1.96. The maximum Gasteiger partial charge on any atom is 0.173 e. The number of carbonyl (C=O) groups is 1. The molecule has 3 aromatic rings. The lowest BCUT2D eigenvalue weighted by Crippen LogP contribution is -2.10. The molecule has 0 saturated heterocycles. The summed E-state index contributed by atoms with van der Waals surface area (Å²) >= 11 is 0. The van der Waals surface area contributed by atoms with E-state index < -0.39 is 5.82 Å². The van der Waals surface area contributed by atoms with E-state index >= 15 is 0 Å². The van der Waals surface area contributed by atoms with E-state index in [4.69, 9.17) is 0 Å². The third-order valence-corrected chi connectivity index (χ3v) is 3.37. The van der Waals surface area contributed by atoms with E-state index in [1.807, 2.05) is 35.9 Å². The van der Waals surface area contributed by atoms with Crippen LogP contribution in [0.2, 0.25) is 0 Å². The third-order valence-electron chi connectivity index (χ3n) is 3.37. The highest BCUT2D eigenvalue weighted by molar-refractivity contribution is 5.97. The normalized spacial score (nSPS) is 10.9. The largest absolute Gasteiger partial charge is 0.331 e. The van der Waals surface area contributed by atoms with Crippen LogP contribution in [0, 0.1) is 5.82 Å². The molecular weight excluding hydrogens is 255 g/mol. The van der Waals surface area contributed by atoms with Crippen LogP contribution in [0.25, 0.3) is 11.0 Å². The molecule has 0 bridgehead atoms. The molecule has 0 fully saturated rings. The Hall–Kier alpha value is -2.49. The summed E-state index contributed by atoms with van der Waals surface area (Å²) in [7, 11) is 1.86. The Morgan fingerprint density at radius 1 is 1.15 bits per heavy atom. The van der Waals surface area contributed by atoms with Gasteiger partial charge in [0.2, 0.25) is 0 Å². The van der Waals surface area contributed by atoms with Crippen molar-refractivity contribution in [1.29, 1.82) is 0 Å². The fourth-order valence-electron chi connectivity index (χ4n) is 2.28. The van der Waals surface area contributed by atoms with Crippen molar-refractivity contribution in [1.82, 2.24) is 9.55 Å². The number of benzene rings is 2. The second kappa shape index (κ2) is 4.89. The minimum absolute atomic E-state index is 0.0894. The number of aryl methyl sites for hydroxylation is 1. The molecule has 4 heteroatoms. The Morgan fingerprint density at radius 2 is 1.85 bits per heavy atom. The summed E-state index contributed by atoms with van der Waals surface area (Å²) in [5.41, 5.74) is 1.91. The molecule has 0 N–H and O–H groups in total. The number of para-hydroxylation sites is 2. The van der Waals surface area contributed by atoms with E-state index in [9.17, 15) is 9.18 Å². The Labute approximate surface area is 115 Å². The van der Waals surface area contributed by atoms with Gasteiger partial charge in [-0.3, -0.25) is 4.79 Å². The summed E-state index contributed by atoms with van der Waals surface area (Å²) in [4.78, 5) is 16.6. The van der Waals surface area contributed by atoms with Crippen molar-refractivity contribution < 1.29 is 9.18 Å². The molecule has 3 rings (SSSR count). The molecule has 0 radical (unpaired) electrons. The highest BCUT2D eigenvalue weighted by atomic mass is 19.1. The highest BCUT2D eigenvalue weighted by Crippen LogP contribution is 2.16. The van der Waals surface area contributed by atoms with E-state index in [1.165, 1.54) is 12.1 Å². The predicted octanol–water partition coefficient (Wildman–Crippen LogP) is 3.14. The standard InChI is InChI=1S/C16H13FN2O/c1-19-14-9-5-4-8-13(14)18-16(19)10-15(20)11-6-2-3-7-12(11)17/h2-9H,10H2,1H3. The molecule has 0 aliphatic carbocycles. The van der Waals surface area contributed by atoms with Crippen molar-refractivity contribution in [3.63, 3.8) is 0 Å². The molecular formula is C16H13FN2O. The lowest BCUT2D eigenvalue weighted by molar-refractivity contribution is 0.0986. The van der Waals surface area contributed by atoms with Crippen LogP contribution in [0.5, 0.6) is 0 Å². The van der Waals surface area contributed by atoms with E-state index in [-0.39, 0.29) is 17.8 Å². The monoisotopic (exact) mass is 268 g/mol. The number of halogens is 1. The number of ketones is 1. The van der Waals surface area contributed by atoms with E-state index in [0.29, 0.717) is 5.82 Å². The maximum absolute atomic E-state index is 13.6. The van der Waals surface area contributed by atoms with Crippen molar-refractivity contribution in [2.75, 3.05) is 0 Å². The van der Waals surface area contributed by atoms with Gasteiger partial charge in [0.05, 0.1) is 23.0 Å². The van der Waals surface area contributed by atoms with Crippen LogP contribution in [0.3, 0.4) is 0 Å². The topological polar surface area (TPSA) is 34.9 Å². The van der Waals surface area contributed by atoms with Gasteiger partial charge in [0.25, 0.3) is 0 Å². The minimum Gasteiger partial charge on any atom is -0.331 e. The van der Waals surface area contributed by atoms with Gasteiger partial charge in [-0.25, -0.2) is 9.37 Å². The average Bonchev–Trinajstić information content (AvgIpc) is 2.76. The Morgan fingerprint density at radius 3 is 2.60 bits per heavy atom. The number of rotatable bonds is 3. The van der Waals surface area contributed by atoms with E-state index in [2.05, 4.69) is 4.98 Å². The molecule has 1 aromatic heterocycles. The zero-order valence-electron chi connectivity index (χ0n) is 11.0. The second-order valence-corrected chi connectivity index (χ2v) is 4.66. The Kier molecular flexibility index (Phi) is 3.06. The second-order valence-electron chi connectivity index (χ2n) is 4.66. The van der Waals surface area contributed by atoms with Crippen LogP contribution in [0.15, 0.2) is 48.5 Å². The number of nitrogens with zero attached hydrogens (tertiary/aromatic N) is 2. The number of hydrogen-bond acceptors (Lipinski definition) is 2. The number of Topliss-reactive ketones (excluding diaryl/α,β-unsaturated/α-hetero) is 1. The summed E-state index contributed by atoms with van der Waals surface area (Å²) < 4.78 is 15.5. The molecule has 1 heterocycles. The molecule has 0 aliphatic rings. The van der Waals surface area contributed by atoms with Gasteiger partial charge in [0, 0.05) is 7.05 Å². The van der Waals surface area contributed by atoms with Gasteiger partial charge in [0.1, 0.15) is 11.6 Å². The smallest absolute Gasteiger partial charge is 0.173 e. The molecule has 20 heavy (non-hydrogen) atoms. The summed E-state index contributed by atoms with van der Waals surface area (Å²) in [5.74, 6) is -0.114. The summed E-state index contributed by atoms with van der Waals surface area (Å²) in [6, 6.07) is 13.7. The first-order valence-electron chi connectivity index (χ1n) is 6.35. The maximum atomic E-state index is 13.6. The molecule has 2 aromatic carbocycles. The van der Waals surface area contributed by atoms with E-state index in [1.54, 1.807) is 12.1 Å². The van der Waals surface area contributed by atoms with Gasteiger partial charge in [-0.2, -0.15) is 0 Å². The highest BCUT2D eigenvalue weighted by Gasteiger charge is 2.15. The van der Waals surface area contributed by atoms with Gasteiger partial charge < -0.3 is 4.57 Å². The van der Waals surface area contributed by atoms with Crippen LogP contribution in [0.4, 0.5) is 4.39 Å². The van der Waals surface area contributed by atoms with Crippen LogP contribution in [-0.2, 0) is 13.5 Å². The van der Waals surface area contributed by atoms with Crippen molar-refractivity contribution >= 4 is 16.8 Å². The summed E-state index contributed by atoms with van der Waals surface area (Å²) in [6.45, 7) is 0. The van der Waals surface area contributed by atoms with Crippen LogP contribution in [-0.4, -0.2) is 15.3 Å². The lowest BCUT2D eigenvalue weighted by Gasteiger charge is -2.03. The van der Waals surface area contributed by atoms with Gasteiger partial charge in [-0.1, -0.05) is 24.3 Å². The summed E-state index contributed by atoms with van der Waals surface area (Å²) in [5, 5.41) is 0. The first kappa shape index (κ1) is 12.5. The van der Waals surface area contributed by atoms with Crippen molar-refractivity contribution in [3.8, 4) is 0 Å². The first-order valence-corrected chi connectivity index (χ1v) is 6.35. The number of aromatic nitrogens is 2. The zero-order valence-corrected chi connectivity index (χ0v) is 11.0. The molecule has 0 saturated carbocycles. The molecule has 0 unspecified atom stereocenters. The van der Waals surface area contributed by atoms with Gasteiger partial charge >= 0.3 is 0 Å². The first-order chi connectivity index (χ1) is 9.66. The lowest BCUT2D eigenvalue weighted by atomic mass is 10.1. The Bertz CT molecular complexity index is 792. The number of imidazole rings is 1. The molecule has 0 spiro atoms. The fraction of sp³-hybridized carbons (Fsp3) is 0.125. The molecule has 0 atom stereocenters. The molecule has 3 nitrogen and oxygen atoms in total. The minimum atomic E-state index is -0.490. The number of carbonyl (C=O) groups excluding carboxylic acids is 1. The average molecular weight is 268 g/mol. The number of hydrogen-bond donors (Lipinski definition) is 0. The zero-order chi connectivity index (χ0) is 14.1. The van der Waals surface area contributed by atoms with Gasteiger partial charge in [0.15, 0.2) is 5.78 Å². The van der Waals surface area contributed by atoms with Crippen molar-refractivity contribution in [2.24, 2.45) is 7.05 Å². The van der Waals surface area contributed by atoms with Crippen molar-refractivity contribution in [3.05, 3.63) is 65.7 Å².